The van der Waals surface area contributed by atoms with Gasteiger partial charge in [0.15, 0.2) is 0 Å². The predicted molar refractivity (Wildman–Crippen MR) is 103 cm³/mol. The van der Waals surface area contributed by atoms with Gasteiger partial charge in [-0.1, -0.05) is 23.7 Å². The van der Waals surface area contributed by atoms with Crippen molar-refractivity contribution in [3.8, 4) is 10.6 Å². The van der Waals surface area contributed by atoms with Crippen LogP contribution in [0.5, 0.6) is 0 Å². The second-order valence-corrected chi connectivity index (χ2v) is 6.97. The summed E-state index contributed by atoms with van der Waals surface area (Å²) in [5.74, 6) is -3.61. The smallest absolute Gasteiger partial charge is 0.340 e. The van der Waals surface area contributed by atoms with Gasteiger partial charge in [-0.25, -0.2) is 18.6 Å². The molecular weight excluding hydrogens is 410 g/mol. The van der Waals surface area contributed by atoms with Crippen LogP contribution in [0.1, 0.15) is 16.1 Å². The van der Waals surface area contributed by atoms with Crippen molar-refractivity contribution in [1.29, 1.82) is 0 Å². The molecule has 0 unspecified atom stereocenters. The lowest BCUT2D eigenvalue weighted by Crippen LogP contribution is -2.17. The maximum Gasteiger partial charge on any atom is 0.340 e. The van der Waals surface area contributed by atoms with Crippen LogP contribution < -0.4 is 5.32 Å². The molecule has 5 nitrogen and oxygen atoms in total. The van der Waals surface area contributed by atoms with E-state index in [1.165, 1.54) is 11.3 Å². The third-order valence-corrected chi connectivity index (χ3v) is 4.91. The second-order valence-electron chi connectivity index (χ2n) is 5.68. The van der Waals surface area contributed by atoms with Crippen molar-refractivity contribution in [2.75, 3.05) is 12.4 Å². The van der Waals surface area contributed by atoms with E-state index in [1.54, 1.807) is 17.5 Å². The Labute approximate surface area is 167 Å². The fourth-order valence-corrected chi connectivity index (χ4v) is 3.34. The summed E-state index contributed by atoms with van der Waals surface area (Å²) in [7, 11) is 1.07. The molecule has 0 radical (unpaired) electrons. The summed E-state index contributed by atoms with van der Waals surface area (Å²) in [6.07, 6.45) is -0.117. The van der Waals surface area contributed by atoms with Gasteiger partial charge in [-0.2, -0.15) is 0 Å². The van der Waals surface area contributed by atoms with Crippen LogP contribution in [-0.4, -0.2) is 24.0 Å². The van der Waals surface area contributed by atoms with E-state index in [-0.39, 0.29) is 12.1 Å². The maximum atomic E-state index is 13.9. The topological polar surface area (TPSA) is 68.3 Å². The number of nitrogens with zero attached hydrogens (tertiary/aromatic N) is 1. The van der Waals surface area contributed by atoms with E-state index < -0.39 is 29.1 Å². The number of aromatic nitrogens is 1. The van der Waals surface area contributed by atoms with Crippen molar-refractivity contribution in [1.82, 2.24) is 4.98 Å². The highest BCUT2D eigenvalue weighted by Crippen LogP contribution is 2.26. The minimum atomic E-state index is -1.07. The van der Waals surface area contributed by atoms with Crippen LogP contribution in [0.2, 0.25) is 5.02 Å². The summed E-state index contributed by atoms with van der Waals surface area (Å²) in [6, 6.07) is 8.51. The Balaban J connectivity index is 1.73. The van der Waals surface area contributed by atoms with Crippen LogP contribution in [0.4, 0.5) is 14.5 Å². The molecular formula is C19H13ClF2N2O3S. The van der Waals surface area contributed by atoms with Crippen LogP contribution >= 0.6 is 22.9 Å². The Morgan fingerprint density at radius 2 is 1.89 bits per heavy atom. The van der Waals surface area contributed by atoms with Gasteiger partial charge in [0.2, 0.25) is 5.91 Å². The molecule has 0 aliphatic heterocycles. The minimum Gasteiger partial charge on any atom is -0.465 e. The third kappa shape index (κ3) is 4.52. The van der Waals surface area contributed by atoms with Crippen molar-refractivity contribution in [2.24, 2.45) is 0 Å². The number of thiazole rings is 1. The van der Waals surface area contributed by atoms with Crippen LogP contribution in [0.3, 0.4) is 0 Å². The number of halogens is 3. The number of hydrogen-bond acceptors (Lipinski definition) is 5. The molecule has 1 N–H and O–H groups in total. The normalized spacial score (nSPS) is 10.6. The van der Waals surface area contributed by atoms with E-state index in [9.17, 15) is 18.4 Å². The number of anilines is 1. The molecule has 0 spiro atoms. The summed E-state index contributed by atoms with van der Waals surface area (Å²) in [5, 5.41) is 5.35. The number of carbonyl (C=O) groups excluding carboxylic acids is 2. The first kappa shape index (κ1) is 19.9. The first-order valence-corrected chi connectivity index (χ1v) is 9.20. The summed E-state index contributed by atoms with van der Waals surface area (Å²) in [6.45, 7) is 0. The van der Waals surface area contributed by atoms with Gasteiger partial charge in [0.05, 0.1) is 30.5 Å². The third-order valence-electron chi connectivity index (χ3n) is 3.72. The standard InChI is InChI=1S/C19H13ClF2N2O3S/c1-27-19(26)13-7-16(15(22)8-14(13)21)24-17(25)6-12-9-28-18(23-12)10-2-4-11(20)5-3-10/h2-5,7-9H,6H2,1H3,(H,24,25). The van der Waals surface area contributed by atoms with E-state index >= 15 is 0 Å². The molecule has 0 bridgehead atoms. The number of rotatable bonds is 5. The van der Waals surface area contributed by atoms with E-state index in [1.807, 2.05) is 12.1 Å². The Morgan fingerprint density at radius 3 is 2.57 bits per heavy atom. The van der Waals surface area contributed by atoms with Gasteiger partial charge in [-0.05, 0) is 18.2 Å². The number of nitrogens with one attached hydrogen (secondary N) is 1. The van der Waals surface area contributed by atoms with Gasteiger partial charge < -0.3 is 10.1 Å². The lowest BCUT2D eigenvalue weighted by atomic mass is 10.1. The number of benzene rings is 2. The van der Waals surface area contributed by atoms with Crippen molar-refractivity contribution < 1.29 is 23.1 Å². The van der Waals surface area contributed by atoms with Gasteiger partial charge in [-0.15, -0.1) is 11.3 Å². The monoisotopic (exact) mass is 422 g/mol. The molecule has 1 aromatic heterocycles. The van der Waals surface area contributed by atoms with E-state index in [0.717, 1.165) is 18.7 Å². The molecule has 0 saturated heterocycles. The van der Waals surface area contributed by atoms with Crippen LogP contribution in [0, 0.1) is 11.6 Å². The first-order valence-electron chi connectivity index (χ1n) is 7.95. The van der Waals surface area contributed by atoms with Crippen LogP contribution in [-0.2, 0) is 16.0 Å². The molecule has 0 aliphatic rings. The quantitative estimate of drug-likeness (QED) is 0.605. The molecule has 9 heteroatoms. The molecule has 3 aromatic rings. The average molecular weight is 423 g/mol. The molecule has 2 aromatic carbocycles. The first-order chi connectivity index (χ1) is 13.4. The average Bonchev–Trinajstić information content (AvgIpc) is 3.12. The molecule has 0 atom stereocenters. The van der Waals surface area contributed by atoms with Crippen molar-refractivity contribution >= 4 is 40.5 Å². The number of hydrogen-bond donors (Lipinski definition) is 1. The largest absolute Gasteiger partial charge is 0.465 e. The van der Waals surface area contributed by atoms with Gasteiger partial charge in [-0.3, -0.25) is 4.79 Å². The fourth-order valence-electron chi connectivity index (χ4n) is 2.38. The van der Waals surface area contributed by atoms with Gasteiger partial charge in [0, 0.05) is 22.0 Å². The van der Waals surface area contributed by atoms with Gasteiger partial charge in [0.25, 0.3) is 0 Å². The SMILES string of the molecule is COC(=O)c1cc(NC(=O)Cc2csc(-c3ccc(Cl)cc3)n2)c(F)cc1F. The number of carbonyl (C=O) groups is 2. The molecule has 0 aliphatic carbocycles. The van der Waals surface area contributed by atoms with Crippen molar-refractivity contribution in [3.63, 3.8) is 0 Å². The zero-order valence-electron chi connectivity index (χ0n) is 14.5. The summed E-state index contributed by atoms with van der Waals surface area (Å²) >= 11 is 7.21. The molecule has 0 saturated carbocycles. The number of esters is 1. The molecule has 28 heavy (non-hydrogen) atoms. The molecule has 1 heterocycles. The summed E-state index contributed by atoms with van der Waals surface area (Å²) in [4.78, 5) is 28.1. The Bertz CT molecular complexity index is 1040. The lowest BCUT2D eigenvalue weighted by molar-refractivity contribution is -0.115. The fraction of sp³-hybridized carbons (Fsp3) is 0.105. The molecule has 144 valence electrons. The second kappa shape index (κ2) is 8.45. The highest BCUT2D eigenvalue weighted by molar-refractivity contribution is 7.13. The highest BCUT2D eigenvalue weighted by Gasteiger charge is 2.18. The molecule has 0 fully saturated rings. The maximum absolute atomic E-state index is 13.9. The zero-order chi connectivity index (χ0) is 20.3. The highest BCUT2D eigenvalue weighted by atomic mass is 35.5. The Morgan fingerprint density at radius 1 is 1.18 bits per heavy atom. The van der Waals surface area contributed by atoms with Crippen molar-refractivity contribution in [3.05, 3.63) is 69.7 Å². The van der Waals surface area contributed by atoms with Crippen LogP contribution in [0.25, 0.3) is 10.6 Å². The molecule has 1 amide bonds. The predicted octanol–water partition coefficient (Wildman–Crippen LogP) is 4.71. The number of ether oxygens (including phenoxy) is 1. The van der Waals surface area contributed by atoms with Gasteiger partial charge in [0.1, 0.15) is 16.6 Å². The van der Waals surface area contributed by atoms with Crippen molar-refractivity contribution in [2.45, 2.75) is 6.42 Å². The number of methoxy groups -OCH3 is 1. The summed E-state index contributed by atoms with van der Waals surface area (Å²) < 4.78 is 32.0. The lowest BCUT2D eigenvalue weighted by Gasteiger charge is -2.08. The molecule has 3 rings (SSSR count). The van der Waals surface area contributed by atoms with E-state index in [0.29, 0.717) is 21.8 Å². The van der Waals surface area contributed by atoms with E-state index in [2.05, 4.69) is 15.0 Å². The Kier molecular flexibility index (Phi) is 6.01. The Hall–Kier alpha value is -2.84. The van der Waals surface area contributed by atoms with E-state index in [4.69, 9.17) is 11.6 Å². The zero-order valence-corrected chi connectivity index (χ0v) is 16.0. The summed E-state index contributed by atoms with van der Waals surface area (Å²) in [5.41, 5.74) is 0.550. The van der Waals surface area contributed by atoms with Gasteiger partial charge >= 0.3 is 5.97 Å². The van der Waals surface area contributed by atoms with Crippen LogP contribution in [0.15, 0.2) is 41.8 Å². The minimum absolute atomic E-state index is 0.117. The number of amides is 1.